The van der Waals surface area contributed by atoms with Gasteiger partial charge in [0, 0.05) is 26.3 Å². The van der Waals surface area contributed by atoms with Crippen molar-refractivity contribution in [2.45, 2.75) is 13.0 Å². The van der Waals surface area contributed by atoms with Crippen molar-refractivity contribution in [3.05, 3.63) is 36.0 Å². The molecule has 2 aromatic rings. The number of halogens is 1. The van der Waals surface area contributed by atoms with E-state index in [4.69, 9.17) is 0 Å². The lowest BCUT2D eigenvalue weighted by atomic mass is 10.2. The predicted molar refractivity (Wildman–Crippen MR) is 70.7 cm³/mol. The van der Waals surface area contributed by atoms with Crippen LogP contribution >= 0.6 is 0 Å². The molecule has 0 saturated heterocycles. The van der Waals surface area contributed by atoms with Gasteiger partial charge in [0.2, 0.25) is 0 Å². The first-order valence-electron chi connectivity index (χ1n) is 6.16. The maximum absolute atomic E-state index is 13.1. The summed E-state index contributed by atoms with van der Waals surface area (Å²) in [5.74, 6) is -0.558. The number of aromatic nitrogens is 4. The summed E-state index contributed by atoms with van der Waals surface area (Å²) in [4.78, 5) is 15.8. The first-order chi connectivity index (χ1) is 9.70. The van der Waals surface area contributed by atoms with E-state index in [1.165, 1.54) is 0 Å². The van der Waals surface area contributed by atoms with Crippen LogP contribution in [0.2, 0.25) is 0 Å². The Morgan fingerprint density at radius 2 is 2.35 bits per heavy atom. The van der Waals surface area contributed by atoms with E-state index < -0.39 is 5.82 Å². The minimum Gasteiger partial charge on any atom is -0.372 e. The Kier molecular flexibility index (Phi) is 4.59. The van der Waals surface area contributed by atoms with E-state index >= 15 is 0 Å². The van der Waals surface area contributed by atoms with Crippen molar-refractivity contribution in [3.8, 4) is 0 Å². The van der Waals surface area contributed by atoms with Crippen LogP contribution in [0.4, 0.5) is 10.2 Å². The van der Waals surface area contributed by atoms with Gasteiger partial charge in [-0.05, 0) is 12.5 Å². The molecule has 20 heavy (non-hydrogen) atoms. The monoisotopic (exact) mass is 278 g/mol. The SMILES string of the molecule is CNc1ncc(F)cc1C(=O)NCCCn1ccnn1. The maximum atomic E-state index is 13.1. The van der Waals surface area contributed by atoms with E-state index in [0.717, 1.165) is 12.3 Å². The predicted octanol–water partition coefficient (Wildman–Crippen LogP) is 0.674. The Hall–Kier alpha value is -2.51. The number of rotatable bonds is 6. The normalized spacial score (nSPS) is 10.3. The summed E-state index contributed by atoms with van der Waals surface area (Å²) in [6.07, 6.45) is 5.10. The molecule has 0 aliphatic carbocycles. The quantitative estimate of drug-likeness (QED) is 0.759. The number of nitrogens with zero attached hydrogens (tertiary/aromatic N) is 4. The number of hydrogen-bond acceptors (Lipinski definition) is 5. The Morgan fingerprint density at radius 3 is 3.05 bits per heavy atom. The minimum atomic E-state index is -0.545. The summed E-state index contributed by atoms with van der Waals surface area (Å²) >= 11 is 0. The van der Waals surface area contributed by atoms with Crippen molar-refractivity contribution >= 4 is 11.7 Å². The zero-order chi connectivity index (χ0) is 14.4. The Labute approximate surface area is 115 Å². The number of hydrogen-bond donors (Lipinski definition) is 2. The Bertz CT molecular complexity index is 571. The van der Waals surface area contributed by atoms with Gasteiger partial charge in [-0.3, -0.25) is 9.48 Å². The zero-order valence-corrected chi connectivity index (χ0v) is 11.0. The van der Waals surface area contributed by atoms with Crippen LogP contribution in [0.1, 0.15) is 16.8 Å². The standard InChI is InChI=1S/C12H15FN6O/c1-14-11-10(7-9(13)8-16-11)12(20)15-3-2-5-19-6-4-17-18-19/h4,6-8H,2-3,5H2,1H3,(H,14,16)(H,15,20). The molecule has 0 aliphatic heterocycles. The summed E-state index contributed by atoms with van der Waals surface area (Å²) in [6.45, 7) is 1.11. The fraction of sp³-hybridized carbons (Fsp3) is 0.333. The van der Waals surface area contributed by atoms with Gasteiger partial charge in [0.25, 0.3) is 5.91 Å². The van der Waals surface area contributed by atoms with Crippen molar-refractivity contribution in [1.82, 2.24) is 25.3 Å². The summed E-state index contributed by atoms with van der Waals surface area (Å²) in [6, 6.07) is 1.16. The molecule has 106 valence electrons. The Morgan fingerprint density at radius 1 is 1.50 bits per heavy atom. The van der Waals surface area contributed by atoms with Crippen LogP contribution in [0.3, 0.4) is 0 Å². The number of amides is 1. The first-order valence-corrected chi connectivity index (χ1v) is 6.16. The largest absolute Gasteiger partial charge is 0.372 e. The molecule has 2 rings (SSSR count). The van der Waals surface area contributed by atoms with E-state index in [2.05, 4.69) is 25.9 Å². The zero-order valence-electron chi connectivity index (χ0n) is 11.0. The van der Waals surface area contributed by atoms with Crippen LogP contribution in [-0.2, 0) is 6.54 Å². The lowest BCUT2D eigenvalue weighted by molar-refractivity contribution is 0.0952. The molecule has 0 bridgehead atoms. The molecule has 2 aromatic heterocycles. The summed E-state index contributed by atoms with van der Waals surface area (Å²) < 4.78 is 14.8. The second kappa shape index (κ2) is 6.60. The molecule has 2 heterocycles. The topological polar surface area (TPSA) is 84.7 Å². The van der Waals surface area contributed by atoms with Gasteiger partial charge in [0.05, 0.1) is 18.0 Å². The number of pyridine rings is 1. The minimum absolute atomic E-state index is 0.188. The number of nitrogens with one attached hydrogen (secondary N) is 2. The highest BCUT2D eigenvalue weighted by Crippen LogP contribution is 2.12. The van der Waals surface area contributed by atoms with Gasteiger partial charge in [-0.2, -0.15) is 0 Å². The summed E-state index contributed by atoms with van der Waals surface area (Å²) in [5.41, 5.74) is 0.188. The molecule has 8 heteroatoms. The van der Waals surface area contributed by atoms with Gasteiger partial charge in [-0.1, -0.05) is 5.21 Å². The van der Waals surface area contributed by atoms with Crippen molar-refractivity contribution in [3.63, 3.8) is 0 Å². The first kappa shape index (κ1) is 13.9. The highest BCUT2D eigenvalue weighted by Gasteiger charge is 2.12. The third-order valence-corrected chi connectivity index (χ3v) is 2.66. The van der Waals surface area contributed by atoms with E-state index in [0.29, 0.717) is 25.3 Å². The number of carbonyl (C=O) groups excluding carboxylic acids is 1. The van der Waals surface area contributed by atoms with Gasteiger partial charge in [-0.25, -0.2) is 9.37 Å². The van der Waals surface area contributed by atoms with Crippen LogP contribution in [0, 0.1) is 5.82 Å². The number of carbonyl (C=O) groups is 1. The second-order valence-electron chi connectivity index (χ2n) is 4.08. The van der Waals surface area contributed by atoms with Crippen molar-refractivity contribution in [2.75, 3.05) is 18.9 Å². The van der Waals surface area contributed by atoms with E-state index in [-0.39, 0.29) is 11.5 Å². The smallest absolute Gasteiger partial charge is 0.255 e. The van der Waals surface area contributed by atoms with E-state index in [1.54, 1.807) is 24.1 Å². The van der Waals surface area contributed by atoms with Crippen molar-refractivity contribution in [1.29, 1.82) is 0 Å². The van der Waals surface area contributed by atoms with Crippen LogP contribution < -0.4 is 10.6 Å². The molecule has 0 fully saturated rings. The van der Waals surface area contributed by atoms with Gasteiger partial charge in [-0.15, -0.1) is 5.10 Å². The molecule has 2 N–H and O–H groups in total. The van der Waals surface area contributed by atoms with Gasteiger partial charge in [0.15, 0.2) is 0 Å². The lowest BCUT2D eigenvalue weighted by Gasteiger charge is -2.09. The second-order valence-corrected chi connectivity index (χ2v) is 4.08. The molecule has 0 unspecified atom stereocenters. The molecule has 0 aromatic carbocycles. The number of aryl methyl sites for hydroxylation is 1. The summed E-state index contributed by atoms with van der Waals surface area (Å²) in [7, 11) is 1.63. The molecule has 0 spiro atoms. The summed E-state index contributed by atoms with van der Waals surface area (Å²) in [5, 5.41) is 13.0. The third-order valence-electron chi connectivity index (χ3n) is 2.66. The van der Waals surface area contributed by atoms with Crippen LogP contribution in [0.5, 0.6) is 0 Å². The van der Waals surface area contributed by atoms with Crippen molar-refractivity contribution in [2.24, 2.45) is 0 Å². The van der Waals surface area contributed by atoms with Crippen LogP contribution in [0.15, 0.2) is 24.7 Å². The molecule has 7 nitrogen and oxygen atoms in total. The average Bonchev–Trinajstić information content (AvgIpc) is 2.96. The average molecular weight is 278 g/mol. The third kappa shape index (κ3) is 3.50. The van der Waals surface area contributed by atoms with E-state index in [1.807, 2.05) is 0 Å². The lowest BCUT2D eigenvalue weighted by Crippen LogP contribution is -2.26. The molecule has 0 saturated carbocycles. The maximum Gasteiger partial charge on any atom is 0.255 e. The van der Waals surface area contributed by atoms with Gasteiger partial charge in [0.1, 0.15) is 11.6 Å². The molecule has 0 aliphatic rings. The van der Waals surface area contributed by atoms with Crippen LogP contribution in [0.25, 0.3) is 0 Å². The molecular weight excluding hydrogens is 263 g/mol. The van der Waals surface area contributed by atoms with Gasteiger partial charge >= 0.3 is 0 Å². The van der Waals surface area contributed by atoms with Crippen LogP contribution in [-0.4, -0.2) is 39.5 Å². The van der Waals surface area contributed by atoms with E-state index in [9.17, 15) is 9.18 Å². The molecular formula is C12H15FN6O. The highest BCUT2D eigenvalue weighted by atomic mass is 19.1. The van der Waals surface area contributed by atoms with Gasteiger partial charge < -0.3 is 10.6 Å². The highest BCUT2D eigenvalue weighted by molar-refractivity contribution is 5.98. The fourth-order valence-electron chi connectivity index (χ4n) is 1.70. The number of anilines is 1. The Balaban J connectivity index is 1.87. The molecule has 0 atom stereocenters. The fourth-order valence-corrected chi connectivity index (χ4v) is 1.70. The molecule has 0 radical (unpaired) electrons. The van der Waals surface area contributed by atoms with Crippen molar-refractivity contribution < 1.29 is 9.18 Å². The molecule has 1 amide bonds.